The molecule has 1 heteroatoms. The molecule has 1 N–H and O–H groups in total. The average Bonchev–Trinajstić information content (AvgIpc) is 2.49. The van der Waals surface area contributed by atoms with Gasteiger partial charge in [0.05, 0.1) is 0 Å². The maximum absolute atomic E-state index is 3.21. The molecule has 2 aromatic rings. The predicted octanol–water partition coefficient (Wildman–Crippen LogP) is 3.29. The quantitative estimate of drug-likeness (QED) is 0.657. The van der Waals surface area contributed by atoms with Gasteiger partial charge in [0, 0.05) is 11.7 Å². The highest BCUT2D eigenvalue weighted by Crippen LogP contribution is 2.19. The molecule has 0 aliphatic rings. The Bertz CT molecular complexity index is 385. The SMILES string of the molecule is CC(C)c1ccc2cc[nH]c2c1. The van der Waals surface area contributed by atoms with E-state index in [2.05, 4.69) is 43.1 Å². The number of hydrogen-bond donors (Lipinski definition) is 1. The van der Waals surface area contributed by atoms with E-state index in [4.69, 9.17) is 0 Å². The molecule has 0 bridgehead atoms. The van der Waals surface area contributed by atoms with E-state index in [1.54, 1.807) is 0 Å². The summed E-state index contributed by atoms with van der Waals surface area (Å²) in [7, 11) is 0. The Hall–Kier alpha value is -1.24. The highest BCUT2D eigenvalue weighted by atomic mass is 14.7. The van der Waals surface area contributed by atoms with Crippen molar-refractivity contribution in [2.24, 2.45) is 0 Å². The summed E-state index contributed by atoms with van der Waals surface area (Å²) < 4.78 is 0. The first-order valence-corrected chi connectivity index (χ1v) is 4.34. The van der Waals surface area contributed by atoms with Crippen LogP contribution in [0.25, 0.3) is 10.9 Å². The van der Waals surface area contributed by atoms with Crippen LogP contribution in [-0.2, 0) is 0 Å². The van der Waals surface area contributed by atoms with Crippen LogP contribution < -0.4 is 0 Å². The molecule has 62 valence electrons. The number of benzene rings is 1. The minimum Gasteiger partial charge on any atom is -0.361 e. The van der Waals surface area contributed by atoms with Gasteiger partial charge in [0.25, 0.3) is 0 Å². The van der Waals surface area contributed by atoms with Gasteiger partial charge in [0.15, 0.2) is 0 Å². The van der Waals surface area contributed by atoms with E-state index in [0.717, 1.165) is 0 Å². The average molecular weight is 159 g/mol. The molecule has 0 radical (unpaired) electrons. The summed E-state index contributed by atoms with van der Waals surface area (Å²) >= 11 is 0. The molecule has 12 heavy (non-hydrogen) atoms. The highest BCUT2D eigenvalue weighted by molar-refractivity contribution is 5.79. The molecule has 0 saturated carbocycles. The van der Waals surface area contributed by atoms with Crippen LogP contribution in [0.15, 0.2) is 30.5 Å². The number of aromatic nitrogens is 1. The van der Waals surface area contributed by atoms with Crippen LogP contribution in [0.4, 0.5) is 0 Å². The van der Waals surface area contributed by atoms with Crippen molar-refractivity contribution >= 4 is 10.9 Å². The van der Waals surface area contributed by atoms with Gasteiger partial charge >= 0.3 is 0 Å². The Morgan fingerprint density at radius 3 is 2.75 bits per heavy atom. The number of H-pyrrole nitrogens is 1. The second-order valence-corrected chi connectivity index (χ2v) is 3.48. The lowest BCUT2D eigenvalue weighted by Crippen LogP contribution is -1.85. The summed E-state index contributed by atoms with van der Waals surface area (Å²) in [6, 6.07) is 8.68. The molecule has 0 unspecified atom stereocenters. The summed E-state index contributed by atoms with van der Waals surface area (Å²) in [5.74, 6) is 0.609. The summed E-state index contributed by atoms with van der Waals surface area (Å²) in [6.45, 7) is 4.42. The first-order valence-electron chi connectivity index (χ1n) is 4.34. The molecule has 1 aromatic carbocycles. The molecule has 0 spiro atoms. The Kier molecular flexibility index (Phi) is 1.65. The lowest BCUT2D eigenvalue weighted by Gasteiger charge is -2.03. The maximum atomic E-state index is 3.21. The Labute approximate surface area is 72.4 Å². The zero-order chi connectivity index (χ0) is 8.55. The Morgan fingerprint density at radius 2 is 2.00 bits per heavy atom. The lowest BCUT2D eigenvalue weighted by molar-refractivity contribution is 0.868. The topological polar surface area (TPSA) is 15.8 Å². The third-order valence-electron chi connectivity index (χ3n) is 2.25. The molecular formula is C11H13N. The lowest BCUT2D eigenvalue weighted by atomic mass is 10.0. The van der Waals surface area contributed by atoms with Crippen LogP contribution >= 0.6 is 0 Å². The van der Waals surface area contributed by atoms with E-state index in [9.17, 15) is 0 Å². The fraction of sp³-hybridized carbons (Fsp3) is 0.273. The fourth-order valence-electron chi connectivity index (χ4n) is 1.42. The number of aromatic amines is 1. The number of nitrogens with one attached hydrogen (secondary N) is 1. The summed E-state index contributed by atoms with van der Waals surface area (Å²) in [5, 5.41) is 1.29. The van der Waals surface area contributed by atoms with Gasteiger partial charge in [-0.2, -0.15) is 0 Å². The van der Waals surface area contributed by atoms with Crippen molar-refractivity contribution in [2.75, 3.05) is 0 Å². The summed E-state index contributed by atoms with van der Waals surface area (Å²) in [6.07, 6.45) is 1.98. The largest absolute Gasteiger partial charge is 0.361 e. The van der Waals surface area contributed by atoms with Crippen molar-refractivity contribution in [3.8, 4) is 0 Å². The van der Waals surface area contributed by atoms with Crippen molar-refractivity contribution in [3.05, 3.63) is 36.0 Å². The van der Waals surface area contributed by atoms with E-state index in [1.165, 1.54) is 16.5 Å². The van der Waals surface area contributed by atoms with Crippen LogP contribution in [0.3, 0.4) is 0 Å². The van der Waals surface area contributed by atoms with Crippen LogP contribution in [0.1, 0.15) is 25.3 Å². The van der Waals surface area contributed by atoms with Gasteiger partial charge in [-0.3, -0.25) is 0 Å². The molecule has 1 nitrogen and oxygen atoms in total. The normalized spacial score (nSPS) is 11.2. The van der Waals surface area contributed by atoms with Crippen LogP contribution in [0.5, 0.6) is 0 Å². The molecule has 0 aliphatic heterocycles. The van der Waals surface area contributed by atoms with Gasteiger partial charge < -0.3 is 4.98 Å². The second-order valence-electron chi connectivity index (χ2n) is 3.48. The van der Waals surface area contributed by atoms with Crippen molar-refractivity contribution in [2.45, 2.75) is 19.8 Å². The van der Waals surface area contributed by atoms with E-state index >= 15 is 0 Å². The molecular weight excluding hydrogens is 146 g/mol. The first-order chi connectivity index (χ1) is 5.77. The van der Waals surface area contributed by atoms with Crippen LogP contribution in [-0.4, -0.2) is 4.98 Å². The van der Waals surface area contributed by atoms with E-state index in [1.807, 2.05) is 6.20 Å². The Balaban J connectivity index is 2.60. The van der Waals surface area contributed by atoms with Crippen molar-refractivity contribution < 1.29 is 0 Å². The van der Waals surface area contributed by atoms with E-state index < -0.39 is 0 Å². The van der Waals surface area contributed by atoms with E-state index in [-0.39, 0.29) is 0 Å². The fourth-order valence-corrected chi connectivity index (χ4v) is 1.42. The van der Waals surface area contributed by atoms with Crippen molar-refractivity contribution in [1.29, 1.82) is 0 Å². The Morgan fingerprint density at radius 1 is 1.17 bits per heavy atom. The minimum absolute atomic E-state index is 0.609. The summed E-state index contributed by atoms with van der Waals surface area (Å²) in [5.41, 5.74) is 2.63. The molecule has 1 heterocycles. The molecule has 0 amide bonds. The zero-order valence-corrected chi connectivity index (χ0v) is 7.46. The smallest absolute Gasteiger partial charge is 0.0456 e. The highest BCUT2D eigenvalue weighted by Gasteiger charge is 1.99. The monoisotopic (exact) mass is 159 g/mol. The summed E-state index contributed by atoms with van der Waals surface area (Å²) in [4.78, 5) is 3.21. The van der Waals surface area contributed by atoms with E-state index in [0.29, 0.717) is 5.92 Å². The van der Waals surface area contributed by atoms with Gasteiger partial charge in [0.2, 0.25) is 0 Å². The molecule has 1 aromatic heterocycles. The van der Waals surface area contributed by atoms with Gasteiger partial charge in [-0.15, -0.1) is 0 Å². The number of fused-ring (bicyclic) bond motifs is 1. The molecule has 0 aliphatic carbocycles. The molecule has 0 atom stereocenters. The number of hydrogen-bond acceptors (Lipinski definition) is 0. The van der Waals surface area contributed by atoms with Crippen LogP contribution in [0, 0.1) is 0 Å². The van der Waals surface area contributed by atoms with Gasteiger partial charge in [0.1, 0.15) is 0 Å². The zero-order valence-electron chi connectivity index (χ0n) is 7.46. The van der Waals surface area contributed by atoms with Crippen molar-refractivity contribution in [1.82, 2.24) is 4.98 Å². The molecule has 2 rings (SSSR count). The van der Waals surface area contributed by atoms with Gasteiger partial charge in [-0.25, -0.2) is 0 Å². The van der Waals surface area contributed by atoms with Crippen molar-refractivity contribution in [3.63, 3.8) is 0 Å². The standard InChI is InChI=1S/C11H13N/c1-8(2)10-4-3-9-5-6-12-11(9)7-10/h3-8,12H,1-2H3. The third kappa shape index (κ3) is 1.11. The minimum atomic E-state index is 0.609. The third-order valence-corrected chi connectivity index (χ3v) is 2.25. The first kappa shape index (κ1) is 7.41. The number of rotatable bonds is 1. The van der Waals surface area contributed by atoms with Crippen LogP contribution in [0.2, 0.25) is 0 Å². The molecule has 0 saturated heterocycles. The second kappa shape index (κ2) is 2.67. The maximum Gasteiger partial charge on any atom is 0.0456 e. The predicted molar refractivity (Wildman–Crippen MR) is 52.4 cm³/mol. The van der Waals surface area contributed by atoms with Gasteiger partial charge in [-0.05, 0) is 29.0 Å². The van der Waals surface area contributed by atoms with Gasteiger partial charge in [-0.1, -0.05) is 26.0 Å². The molecule has 0 fully saturated rings.